The molecule has 0 aliphatic heterocycles. The number of hydrogen-bond donors (Lipinski definition) is 1. The molecule has 30 heavy (non-hydrogen) atoms. The summed E-state index contributed by atoms with van der Waals surface area (Å²) in [6, 6.07) is 11.4. The summed E-state index contributed by atoms with van der Waals surface area (Å²) < 4.78 is 32.9. The lowest BCUT2D eigenvalue weighted by molar-refractivity contribution is 0.419. The average Bonchev–Trinajstić information content (AvgIpc) is 2.77. The van der Waals surface area contributed by atoms with E-state index in [0.717, 1.165) is 34.0 Å². The Morgan fingerprint density at radius 1 is 1.00 bits per heavy atom. The van der Waals surface area contributed by atoms with Gasteiger partial charge in [0.15, 0.2) is 11.6 Å². The number of benzene rings is 2. The summed E-state index contributed by atoms with van der Waals surface area (Å²) in [6.45, 7) is 4.74. The van der Waals surface area contributed by atoms with Crippen LogP contribution >= 0.6 is 0 Å². The summed E-state index contributed by atoms with van der Waals surface area (Å²) in [6.07, 6.45) is 3.50. The standard InChI is InChI=1S/C24H21F2N3O/c1-4-28-23-14(2)22(16-6-5-9-27-13-16)29-24-18(23)10-17(12-21(24)30-3)15-7-8-19(25)20(26)11-15/h5-13H,4H2,1-3H3,(H,28,29). The van der Waals surface area contributed by atoms with E-state index >= 15 is 0 Å². The van der Waals surface area contributed by atoms with Crippen LogP contribution < -0.4 is 10.1 Å². The van der Waals surface area contributed by atoms with E-state index in [9.17, 15) is 8.78 Å². The number of anilines is 1. The minimum Gasteiger partial charge on any atom is -0.494 e. The quantitative estimate of drug-likeness (QED) is 0.443. The van der Waals surface area contributed by atoms with Crippen molar-refractivity contribution in [3.8, 4) is 28.1 Å². The lowest BCUT2D eigenvalue weighted by atomic mass is 9.98. The van der Waals surface area contributed by atoms with Crippen LogP contribution in [0.3, 0.4) is 0 Å². The Morgan fingerprint density at radius 3 is 2.50 bits per heavy atom. The number of fused-ring (bicyclic) bond motifs is 1. The number of rotatable bonds is 5. The molecule has 2 aromatic carbocycles. The molecule has 4 nitrogen and oxygen atoms in total. The van der Waals surface area contributed by atoms with Gasteiger partial charge in [-0.1, -0.05) is 6.07 Å². The van der Waals surface area contributed by atoms with Crippen molar-refractivity contribution in [1.82, 2.24) is 9.97 Å². The minimum atomic E-state index is -0.889. The fraction of sp³-hybridized carbons (Fsp3) is 0.167. The largest absolute Gasteiger partial charge is 0.494 e. The Labute approximate surface area is 173 Å². The van der Waals surface area contributed by atoms with Gasteiger partial charge in [0, 0.05) is 35.6 Å². The molecule has 0 aliphatic rings. The number of pyridine rings is 2. The van der Waals surface area contributed by atoms with Gasteiger partial charge in [0.2, 0.25) is 0 Å². The predicted molar refractivity (Wildman–Crippen MR) is 116 cm³/mol. The van der Waals surface area contributed by atoms with Gasteiger partial charge in [0.05, 0.1) is 12.8 Å². The second-order valence-corrected chi connectivity index (χ2v) is 6.94. The number of hydrogen-bond acceptors (Lipinski definition) is 4. The molecule has 0 saturated carbocycles. The fourth-order valence-electron chi connectivity index (χ4n) is 3.62. The molecule has 0 amide bonds. The topological polar surface area (TPSA) is 47.0 Å². The summed E-state index contributed by atoms with van der Waals surface area (Å²) in [5, 5.41) is 4.28. The highest BCUT2D eigenvalue weighted by molar-refractivity contribution is 6.01. The van der Waals surface area contributed by atoms with Gasteiger partial charge < -0.3 is 10.1 Å². The monoisotopic (exact) mass is 405 g/mol. The van der Waals surface area contributed by atoms with Crippen LogP contribution in [0.1, 0.15) is 12.5 Å². The number of methoxy groups -OCH3 is 1. The van der Waals surface area contributed by atoms with Crippen molar-refractivity contribution < 1.29 is 13.5 Å². The third-order valence-corrected chi connectivity index (χ3v) is 5.06. The molecule has 6 heteroatoms. The SMILES string of the molecule is CCNc1c(C)c(-c2cccnc2)nc2c(OC)cc(-c3ccc(F)c(F)c3)cc12. The molecule has 0 spiro atoms. The summed E-state index contributed by atoms with van der Waals surface area (Å²) in [4.78, 5) is 9.10. The van der Waals surface area contributed by atoms with Gasteiger partial charge in [-0.2, -0.15) is 0 Å². The van der Waals surface area contributed by atoms with E-state index in [4.69, 9.17) is 9.72 Å². The van der Waals surface area contributed by atoms with E-state index in [1.807, 2.05) is 32.0 Å². The number of aromatic nitrogens is 2. The van der Waals surface area contributed by atoms with Crippen molar-refractivity contribution in [3.63, 3.8) is 0 Å². The molecular formula is C24H21F2N3O. The molecule has 0 atom stereocenters. The van der Waals surface area contributed by atoms with Crippen LogP contribution in [0.4, 0.5) is 14.5 Å². The number of nitrogens with one attached hydrogen (secondary N) is 1. The first kappa shape index (κ1) is 19.8. The van der Waals surface area contributed by atoms with Crippen molar-refractivity contribution in [2.24, 2.45) is 0 Å². The predicted octanol–water partition coefficient (Wildman–Crippen LogP) is 5.99. The first-order valence-electron chi connectivity index (χ1n) is 9.65. The second kappa shape index (κ2) is 8.06. The average molecular weight is 405 g/mol. The van der Waals surface area contributed by atoms with Crippen molar-refractivity contribution in [2.45, 2.75) is 13.8 Å². The van der Waals surface area contributed by atoms with E-state index in [1.165, 1.54) is 6.07 Å². The molecule has 0 radical (unpaired) electrons. The maximum absolute atomic E-state index is 13.8. The van der Waals surface area contributed by atoms with Crippen LogP contribution in [0.25, 0.3) is 33.3 Å². The van der Waals surface area contributed by atoms with E-state index in [0.29, 0.717) is 28.9 Å². The molecule has 152 valence electrons. The minimum absolute atomic E-state index is 0.552. The van der Waals surface area contributed by atoms with Gasteiger partial charge in [-0.15, -0.1) is 0 Å². The zero-order valence-electron chi connectivity index (χ0n) is 17.0. The van der Waals surface area contributed by atoms with Gasteiger partial charge in [0.25, 0.3) is 0 Å². The molecule has 4 rings (SSSR count). The Kier molecular flexibility index (Phi) is 5.31. The number of halogens is 2. The van der Waals surface area contributed by atoms with Crippen molar-refractivity contribution in [1.29, 1.82) is 0 Å². The first-order chi connectivity index (χ1) is 14.5. The highest BCUT2D eigenvalue weighted by Crippen LogP contribution is 2.40. The highest BCUT2D eigenvalue weighted by atomic mass is 19.2. The van der Waals surface area contributed by atoms with E-state index in [1.54, 1.807) is 31.6 Å². The summed E-state index contributed by atoms with van der Waals surface area (Å²) in [5.74, 6) is -1.21. The summed E-state index contributed by atoms with van der Waals surface area (Å²) >= 11 is 0. The zero-order valence-corrected chi connectivity index (χ0v) is 17.0. The Hall–Kier alpha value is -3.54. The molecule has 1 N–H and O–H groups in total. The van der Waals surface area contributed by atoms with Gasteiger partial charge in [-0.05, 0) is 66.9 Å². The van der Waals surface area contributed by atoms with Gasteiger partial charge in [-0.25, -0.2) is 13.8 Å². The summed E-state index contributed by atoms with van der Waals surface area (Å²) in [7, 11) is 1.57. The maximum atomic E-state index is 13.8. The third-order valence-electron chi connectivity index (χ3n) is 5.06. The van der Waals surface area contributed by atoms with Crippen molar-refractivity contribution in [2.75, 3.05) is 19.0 Å². The van der Waals surface area contributed by atoms with E-state index in [2.05, 4.69) is 10.3 Å². The highest BCUT2D eigenvalue weighted by Gasteiger charge is 2.18. The number of ether oxygens (including phenoxy) is 1. The zero-order chi connectivity index (χ0) is 21.3. The van der Waals surface area contributed by atoms with Crippen LogP contribution in [-0.2, 0) is 0 Å². The molecule has 0 aliphatic carbocycles. The lowest BCUT2D eigenvalue weighted by Gasteiger charge is -2.18. The Balaban J connectivity index is 2.02. The van der Waals surface area contributed by atoms with E-state index < -0.39 is 11.6 Å². The smallest absolute Gasteiger partial charge is 0.159 e. The normalized spacial score (nSPS) is 11.0. The van der Waals surface area contributed by atoms with Crippen LogP contribution in [0.2, 0.25) is 0 Å². The van der Waals surface area contributed by atoms with Crippen LogP contribution in [-0.4, -0.2) is 23.6 Å². The molecule has 0 bridgehead atoms. The molecule has 2 aromatic heterocycles. The molecule has 2 heterocycles. The molecule has 4 aromatic rings. The molecule has 0 unspecified atom stereocenters. The van der Waals surface area contributed by atoms with E-state index in [-0.39, 0.29) is 0 Å². The summed E-state index contributed by atoms with van der Waals surface area (Å²) in [5.41, 5.74) is 5.57. The van der Waals surface area contributed by atoms with Crippen molar-refractivity contribution >= 4 is 16.6 Å². The van der Waals surface area contributed by atoms with Crippen molar-refractivity contribution in [3.05, 3.63) is 72.1 Å². The Bertz CT molecular complexity index is 1230. The molecule has 0 saturated heterocycles. The van der Waals surface area contributed by atoms with Gasteiger partial charge >= 0.3 is 0 Å². The lowest BCUT2D eigenvalue weighted by Crippen LogP contribution is -2.04. The van der Waals surface area contributed by atoms with Gasteiger partial charge in [-0.3, -0.25) is 4.98 Å². The maximum Gasteiger partial charge on any atom is 0.159 e. The third kappa shape index (κ3) is 3.45. The fourth-order valence-corrected chi connectivity index (χ4v) is 3.62. The number of nitrogens with zero attached hydrogens (tertiary/aromatic N) is 2. The Morgan fingerprint density at radius 2 is 1.83 bits per heavy atom. The molecule has 0 fully saturated rings. The van der Waals surface area contributed by atoms with Crippen LogP contribution in [0, 0.1) is 18.6 Å². The molecular weight excluding hydrogens is 384 g/mol. The van der Waals surface area contributed by atoms with Crippen LogP contribution in [0.5, 0.6) is 5.75 Å². The first-order valence-corrected chi connectivity index (χ1v) is 9.65. The van der Waals surface area contributed by atoms with Crippen LogP contribution in [0.15, 0.2) is 54.9 Å². The second-order valence-electron chi connectivity index (χ2n) is 6.94. The van der Waals surface area contributed by atoms with Gasteiger partial charge in [0.1, 0.15) is 11.3 Å².